The van der Waals surface area contributed by atoms with E-state index in [0.29, 0.717) is 0 Å². The van der Waals surface area contributed by atoms with Gasteiger partial charge in [-0.25, -0.2) is 0 Å². The SMILES string of the molecule is CCCCC1C=CC(=O)C1C(O)C=Cc1ccccc1. The Balaban J connectivity index is 2.01. The zero-order valence-electron chi connectivity index (χ0n) is 11.9. The number of hydrogen-bond acceptors (Lipinski definition) is 2. The minimum Gasteiger partial charge on any atom is -0.388 e. The van der Waals surface area contributed by atoms with Gasteiger partial charge in [-0.2, -0.15) is 0 Å². The molecule has 3 atom stereocenters. The third-order valence-electron chi connectivity index (χ3n) is 3.84. The van der Waals surface area contributed by atoms with Crippen LogP contribution in [-0.2, 0) is 4.79 Å². The molecule has 106 valence electrons. The van der Waals surface area contributed by atoms with Gasteiger partial charge in [0.25, 0.3) is 0 Å². The molecule has 0 aliphatic heterocycles. The molecule has 2 rings (SSSR count). The van der Waals surface area contributed by atoms with Gasteiger partial charge in [-0.1, -0.05) is 68.3 Å². The van der Waals surface area contributed by atoms with Gasteiger partial charge in [0.2, 0.25) is 0 Å². The summed E-state index contributed by atoms with van der Waals surface area (Å²) in [5, 5.41) is 10.3. The van der Waals surface area contributed by atoms with Crippen LogP contribution in [0, 0.1) is 11.8 Å². The Kier molecular flexibility index (Phi) is 5.31. The summed E-state index contributed by atoms with van der Waals surface area (Å²) in [7, 11) is 0. The molecule has 20 heavy (non-hydrogen) atoms. The highest BCUT2D eigenvalue weighted by Crippen LogP contribution is 2.30. The minimum atomic E-state index is -0.709. The molecule has 0 amide bonds. The number of ketones is 1. The van der Waals surface area contributed by atoms with Crippen LogP contribution in [0.2, 0.25) is 0 Å². The summed E-state index contributed by atoms with van der Waals surface area (Å²) in [5.41, 5.74) is 1.04. The summed E-state index contributed by atoms with van der Waals surface area (Å²) < 4.78 is 0. The molecule has 0 heterocycles. The van der Waals surface area contributed by atoms with E-state index < -0.39 is 6.10 Å². The van der Waals surface area contributed by atoms with Crippen LogP contribution in [0.15, 0.2) is 48.6 Å². The highest BCUT2D eigenvalue weighted by atomic mass is 16.3. The second kappa shape index (κ2) is 7.20. The van der Waals surface area contributed by atoms with Crippen LogP contribution in [-0.4, -0.2) is 17.0 Å². The average molecular weight is 270 g/mol. The molecule has 1 N–H and O–H groups in total. The van der Waals surface area contributed by atoms with Crippen molar-refractivity contribution in [2.45, 2.75) is 32.3 Å². The first-order valence-corrected chi connectivity index (χ1v) is 7.35. The number of allylic oxidation sites excluding steroid dienone is 2. The van der Waals surface area contributed by atoms with Gasteiger partial charge in [-0.3, -0.25) is 4.79 Å². The van der Waals surface area contributed by atoms with Gasteiger partial charge >= 0.3 is 0 Å². The molecule has 1 aliphatic rings. The van der Waals surface area contributed by atoms with Crippen LogP contribution in [0.5, 0.6) is 0 Å². The van der Waals surface area contributed by atoms with Gasteiger partial charge in [0.1, 0.15) is 0 Å². The van der Waals surface area contributed by atoms with Crippen LogP contribution in [0.3, 0.4) is 0 Å². The normalized spacial score (nSPS) is 23.6. The quantitative estimate of drug-likeness (QED) is 0.857. The Bertz CT molecular complexity index is 487. The Morgan fingerprint density at radius 1 is 1.30 bits per heavy atom. The first-order chi connectivity index (χ1) is 9.72. The highest BCUT2D eigenvalue weighted by molar-refractivity contribution is 5.95. The van der Waals surface area contributed by atoms with Crippen LogP contribution in [0.1, 0.15) is 31.7 Å². The van der Waals surface area contributed by atoms with E-state index >= 15 is 0 Å². The summed E-state index contributed by atoms with van der Waals surface area (Å²) in [4.78, 5) is 11.9. The van der Waals surface area contributed by atoms with E-state index in [1.165, 1.54) is 0 Å². The van der Waals surface area contributed by atoms with Crippen LogP contribution >= 0.6 is 0 Å². The van der Waals surface area contributed by atoms with Gasteiger partial charge in [0.05, 0.1) is 12.0 Å². The molecule has 2 nitrogen and oxygen atoms in total. The van der Waals surface area contributed by atoms with E-state index in [0.717, 1.165) is 24.8 Å². The Morgan fingerprint density at radius 2 is 2.05 bits per heavy atom. The van der Waals surface area contributed by atoms with Crippen molar-refractivity contribution in [3.63, 3.8) is 0 Å². The van der Waals surface area contributed by atoms with Crippen molar-refractivity contribution >= 4 is 11.9 Å². The highest BCUT2D eigenvalue weighted by Gasteiger charge is 2.34. The van der Waals surface area contributed by atoms with Crippen molar-refractivity contribution in [2.75, 3.05) is 0 Å². The monoisotopic (exact) mass is 270 g/mol. The van der Waals surface area contributed by atoms with E-state index in [9.17, 15) is 9.90 Å². The lowest BCUT2D eigenvalue weighted by atomic mass is 9.85. The first kappa shape index (κ1) is 14.7. The van der Waals surface area contributed by atoms with Gasteiger partial charge in [0.15, 0.2) is 5.78 Å². The Hall–Kier alpha value is -1.67. The molecule has 0 aromatic heterocycles. The number of carbonyl (C=O) groups excluding carboxylic acids is 1. The molecule has 0 spiro atoms. The van der Waals surface area contributed by atoms with E-state index in [-0.39, 0.29) is 17.6 Å². The standard InChI is InChI=1S/C18H22O2/c1-2-3-9-15-11-13-17(20)18(15)16(19)12-10-14-7-5-4-6-8-14/h4-8,10-13,15-16,18-19H,2-3,9H2,1H3. The van der Waals surface area contributed by atoms with E-state index in [4.69, 9.17) is 0 Å². The number of rotatable bonds is 6. The van der Waals surface area contributed by atoms with E-state index in [1.807, 2.05) is 42.5 Å². The predicted molar refractivity (Wildman–Crippen MR) is 82.1 cm³/mol. The summed E-state index contributed by atoms with van der Waals surface area (Å²) in [5.74, 6) is -0.0734. The number of unbranched alkanes of at least 4 members (excludes halogenated alkanes) is 1. The molecule has 1 aromatic rings. The molecular weight excluding hydrogens is 248 g/mol. The zero-order valence-corrected chi connectivity index (χ0v) is 11.9. The van der Waals surface area contributed by atoms with Crippen molar-refractivity contribution in [1.29, 1.82) is 0 Å². The van der Waals surface area contributed by atoms with Gasteiger partial charge in [-0.05, 0) is 24.0 Å². The lowest BCUT2D eigenvalue weighted by Gasteiger charge is -2.21. The van der Waals surface area contributed by atoms with Gasteiger partial charge < -0.3 is 5.11 Å². The number of aliphatic hydroxyl groups is 1. The van der Waals surface area contributed by atoms with Crippen molar-refractivity contribution in [3.8, 4) is 0 Å². The summed E-state index contributed by atoms with van der Waals surface area (Å²) in [6.07, 6.45) is 9.68. The second-order valence-corrected chi connectivity index (χ2v) is 5.35. The molecule has 0 saturated heterocycles. The Morgan fingerprint density at radius 3 is 2.75 bits per heavy atom. The Labute approximate surface area is 120 Å². The van der Waals surface area contributed by atoms with Gasteiger partial charge in [0, 0.05) is 0 Å². The smallest absolute Gasteiger partial charge is 0.161 e. The molecule has 2 heteroatoms. The number of hydrogen-bond donors (Lipinski definition) is 1. The largest absolute Gasteiger partial charge is 0.388 e. The third kappa shape index (κ3) is 3.67. The fourth-order valence-electron chi connectivity index (χ4n) is 2.69. The maximum Gasteiger partial charge on any atom is 0.161 e. The van der Waals surface area contributed by atoms with Crippen LogP contribution < -0.4 is 0 Å². The minimum absolute atomic E-state index is 0.0521. The fraction of sp³-hybridized carbons (Fsp3) is 0.389. The van der Waals surface area contributed by atoms with Gasteiger partial charge in [-0.15, -0.1) is 0 Å². The average Bonchev–Trinajstić information content (AvgIpc) is 2.84. The topological polar surface area (TPSA) is 37.3 Å². The number of carbonyl (C=O) groups is 1. The maximum absolute atomic E-state index is 11.9. The zero-order chi connectivity index (χ0) is 14.4. The van der Waals surface area contributed by atoms with Crippen molar-refractivity contribution in [3.05, 3.63) is 54.1 Å². The summed E-state index contributed by atoms with van der Waals surface area (Å²) in [6.45, 7) is 2.14. The third-order valence-corrected chi connectivity index (χ3v) is 3.84. The number of aliphatic hydroxyl groups excluding tert-OH is 1. The van der Waals surface area contributed by atoms with Crippen LogP contribution in [0.25, 0.3) is 6.08 Å². The predicted octanol–water partition coefficient (Wildman–Crippen LogP) is 3.62. The molecule has 1 aliphatic carbocycles. The molecule has 0 bridgehead atoms. The summed E-state index contributed by atoms with van der Waals surface area (Å²) in [6, 6.07) is 9.83. The molecule has 0 radical (unpaired) electrons. The lowest BCUT2D eigenvalue weighted by Crippen LogP contribution is -2.28. The molecule has 0 saturated carbocycles. The van der Waals surface area contributed by atoms with Crippen LogP contribution in [0.4, 0.5) is 0 Å². The van der Waals surface area contributed by atoms with E-state index in [2.05, 4.69) is 6.92 Å². The van der Waals surface area contributed by atoms with Crippen molar-refractivity contribution in [1.82, 2.24) is 0 Å². The number of benzene rings is 1. The lowest BCUT2D eigenvalue weighted by molar-refractivity contribution is -0.121. The first-order valence-electron chi connectivity index (χ1n) is 7.35. The van der Waals surface area contributed by atoms with E-state index in [1.54, 1.807) is 12.2 Å². The van der Waals surface area contributed by atoms with Crippen molar-refractivity contribution in [2.24, 2.45) is 11.8 Å². The molecule has 1 aromatic carbocycles. The molecule has 0 fully saturated rings. The fourth-order valence-corrected chi connectivity index (χ4v) is 2.69. The van der Waals surface area contributed by atoms with Crippen molar-refractivity contribution < 1.29 is 9.90 Å². The second-order valence-electron chi connectivity index (χ2n) is 5.35. The molecule has 3 unspecified atom stereocenters. The summed E-state index contributed by atoms with van der Waals surface area (Å²) >= 11 is 0. The maximum atomic E-state index is 11.9. The molecular formula is C18H22O2.